The second-order valence-corrected chi connectivity index (χ2v) is 10.1. The zero-order valence-corrected chi connectivity index (χ0v) is 17.5. The largest absolute Gasteiger partial charge is 0.396 e. The third-order valence-electron chi connectivity index (χ3n) is 5.27. The fraction of sp³-hybridized carbons (Fsp3) is 0.238. The first-order valence-electron chi connectivity index (χ1n) is 9.44. The Hall–Kier alpha value is -2.71. The summed E-state index contributed by atoms with van der Waals surface area (Å²) < 4.78 is 13.8. The summed E-state index contributed by atoms with van der Waals surface area (Å²) in [4.78, 5) is 18.2. The number of hydrogen-bond donors (Lipinski definition) is 1. The van der Waals surface area contributed by atoms with Crippen molar-refractivity contribution in [2.24, 2.45) is 0 Å². The number of nitrogens with two attached hydrogens (primary N) is 1. The second kappa shape index (κ2) is 7.27. The van der Waals surface area contributed by atoms with Gasteiger partial charge in [0.1, 0.15) is 15.4 Å². The summed E-state index contributed by atoms with van der Waals surface area (Å²) in [5, 5.41) is 1.07. The van der Waals surface area contributed by atoms with Gasteiger partial charge in [-0.2, -0.15) is 0 Å². The minimum absolute atomic E-state index is 0.207. The molecule has 1 aliphatic rings. The minimum atomic E-state index is -1.09. The van der Waals surface area contributed by atoms with Crippen LogP contribution >= 0.6 is 11.3 Å². The van der Waals surface area contributed by atoms with Crippen molar-refractivity contribution in [3.63, 3.8) is 0 Å². The highest BCUT2D eigenvalue weighted by Gasteiger charge is 2.29. The predicted octanol–water partition coefficient (Wildman–Crippen LogP) is 4.37. The number of anilines is 1. The highest BCUT2D eigenvalue weighted by molar-refractivity contribution is 7.88. The van der Waals surface area contributed by atoms with Gasteiger partial charge in [-0.25, -0.2) is 15.0 Å². The molecule has 0 amide bonds. The molecule has 1 aliphatic carbocycles. The van der Waals surface area contributed by atoms with Crippen LogP contribution in [0.3, 0.4) is 0 Å². The van der Waals surface area contributed by atoms with Gasteiger partial charge in [0, 0.05) is 40.5 Å². The minimum Gasteiger partial charge on any atom is -0.396 e. The molecule has 4 heterocycles. The van der Waals surface area contributed by atoms with Crippen LogP contribution in [0.15, 0.2) is 47.3 Å². The monoisotopic (exact) mass is 421 g/mol. The van der Waals surface area contributed by atoms with Crippen molar-refractivity contribution in [1.29, 1.82) is 0 Å². The molecule has 0 aromatic carbocycles. The maximum Gasteiger partial charge on any atom is 0.127 e. The first-order valence-corrected chi connectivity index (χ1v) is 11.5. The molecule has 0 saturated heterocycles. The number of fused-ring (bicyclic) bond motifs is 1. The van der Waals surface area contributed by atoms with Crippen molar-refractivity contribution in [3.05, 3.63) is 48.8 Å². The Morgan fingerprint density at radius 1 is 1.17 bits per heavy atom. The summed E-state index contributed by atoms with van der Waals surface area (Å²) in [6, 6.07) is 6.00. The maximum atomic E-state index is 13.1. The standard InChI is InChI=1S/C21H19N5OS2/c1-12-7-13(5-6-25-12)16-8-17(14-9-23-11-24-10-14)26-20-18(16)19(22)21(28-20)29(27)15-3-2-4-15/h5-11,15H,2-4,22H2,1H3. The van der Waals surface area contributed by atoms with Gasteiger partial charge in [0.25, 0.3) is 0 Å². The highest BCUT2D eigenvalue weighted by atomic mass is 32.2. The summed E-state index contributed by atoms with van der Waals surface area (Å²) in [5.74, 6) is 0. The van der Waals surface area contributed by atoms with E-state index in [1.165, 1.54) is 17.7 Å². The molecule has 4 aromatic rings. The van der Waals surface area contributed by atoms with Crippen LogP contribution in [0.4, 0.5) is 5.69 Å². The molecule has 5 rings (SSSR count). The molecule has 0 bridgehead atoms. The van der Waals surface area contributed by atoms with Crippen molar-refractivity contribution in [3.8, 4) is 22.4 Å². The number of rotatable bonds is 4. The molecule has 0 aliphatic heterocycles. The number of hydrogen-bond acceptors (Lipinski definition) is 7. The third kappa shape index (κ3) is 3.22. The van der Waals surface area contributed by atoms with Crippen molar-refractivity contribution in [2.45, 2.75) is 35.6 Å². The topological polar surface area (TPSA) is 94.7 Å². The first-order chi connectivity index (χ1) is 14.1. The van der Waals surface area contributed by atoms with Gasteiger partial charge in [0.05, 0.1) is 22.2 Å². The van der Waals surface area contributed by atoms with Crippen molar-refractivity contribution < 1.29 is 4.21 Å². The molecule has 1 atom stereocenters. The average molecular weight is 422 g/mol. The lowest BCUT2D eigenvalue weighted by molar-refractivity contribution is 0.505. The van der Waals surface area contributed by atoms with Crippen LogP contribution in [0.1, 0.15) is 25.0 Å². The zero-order chi connectivity index (χ0) is 20.0. The van der Waals surface area contributed by atoms with E-state index in [-0.39, 0.29) is 5.25 Å². The molecule has 146 valence electrons. The first kappa shape index (κ1) is 18.3. The number of aryl methyl sites for hydroxylation is 1. The lowest BCUT2D eigenvalue weighted by Crippen LogP contribution is -2.23. The van der Waals surface area contributed by atoms with E-state index in [0.717, 1.165) is 61.8 Å². The van der Waals surface area contributed by atoms with Gasteiger partial charge < -0.3 is 5.73 Å². The van der Waals surface area contributed by atoms with Crippen LogP contribution < -0.4 is 5.73 Å². The molecular weight excluding hydrogens is 402 g/mol. The maximum absolute atomic E-state index is 13.1. The van der Waals surface area contributed by atoms with Gasteiger partial charge >= 0.3 is 0 Å². The van der Waals surface area contributed by atoms with Gasteiger partial charge in [-0.15, -0.1) is 11.3 Å². The van der Waals surface area contributed by atoms with Crippen molar-refractivity contribution >= 4 is 38.0 Å². The summed E-state index contributed by atoms with van der Waals surface area (Å²) in [7, 11) is -1.09. The zero-order valence-electron chi connectivity index (χ0n) is 15.8. The van der Waals surface area contributed by atoms with Gasteiger partial charge in [-0.1, -0.05) is 6.42 Å². The van der Waals surface area contributed by atoms with Crippen LogP contribution in [0.5, 0.6) is 0 Å². The normalized spacial score (nSPS) is 15.3. The third-order valence-corrected chi connectivity index (χ3v) is 8.57. The molecular formula is C21H19N5OS2. The van der Waals surface area contributed by atoms with Crippen molar-refractivity contribution in [1.82, 2.24) is 19.9 Å². The molecule has 2 N–H and O–H groups in total. The number of thiophene rings is 1. The lowest BCUT2D eigenvalue weighted by Gasteiger charge is -2.23. The van der Waals surface area contributed by atoms with Crippen molar-refractivity contribution in [2.75, 3.05) is 5.73 Å². The highest BCUT2D eigenvalue weighted by Crippen LogP contribution is 2.44. The fourth-order valence-electron chi connectivity index (χ4n) is 3.51. The van der Waals surface area contributed by atoms with E-state index in [1.807, 2.05) is 25.1 Å². The smallest absolute Gasteiger partial charge is 0.127 e. The number of aromatic nitrogens is 4. The van der Waals surface area contributed by atoms with E-state index in [2.05, 4.69) is 15.0 Å². The number of nitrogens with zero attached hydrogens (tertiary/aromatic N) is 4. The second-order valence-electron chi connectivity index (χ2n) is 7.20. The molecule has 1 unspecified atom stereocenters. The van der Waals surface area contributed by atoms with Crippen LogP contribution in [0.25, 0.3) is 32.6 Å². The fourth-order valence-corrected chi connectivity index (χ4v) is 6.72. The average Bonchev–Trinajstić information content (AvgIpc) is 3.03. The Labute approximate surface area is 174 Å². The van der Waals surface area contributed by atoms with Gasteiger partial charge in [0.2, 0.25) is 0 Å². The molecule has 1 fully saturated rings. The summed E-state index contributed by atoms with van der Waals surface area (Å²) in [5.41, 5.74) is 11.6. The summed E-state index contributed by atoms with van der Waals surface area (Å²) >= 11 is 1.44. The van der Waals surface area contributed by atoms with Gasteiger partial charge in [-0.3, -0.25) is 9.19 Å². The SMILES string of the molecule is Cc1cc(-c2cc(-c3cncnc3)nc3sc(S(=O)C4CCC4)c(N)c23)ccn1. The Morgan fingerprint density at radius 2 is 1.97 bits per heavy atom. The Kier molecular flexibility index (Phi) is 4.60. The number of pyridine rings is 2. The van der Waals surface area contributed by atoms with E-state index < -0.39 is 10.8 Å². The van der Waals surface area contributed by atoms with Crippen LogP contribution in [-0.4, -0.2) is 29.4 Å². The molecule has 1 saturated carbocycles. The van der Waals surface area contributed by atoms with E-state index in [1.54, 1.807) is 18.6 Å². The Morgan fingerprint density at radius 3 is 2.66 bits per heavy atom. The van der Waals surface area contributed by atoms with Crippen LogP contribution in [0, 0.1) is 6.92 Å². The Balaban J connectivity index is 1.77. The van der Waals surface area contributed by atoms with Crippen LogP contribution in [-0.2, 0) is 10.8 Å². The molecule has 29 heavy (non-hydrogen) atoms. The Bertz CT molecular complexity index is 1230. The van der Waals surface area contributed by atoms with E-state index in [0.29, 0.717) is 5.69 Å². The molecule has 0 spiro atoms. The molecule has 0 radical (unpaired) electrons. The van der Waals surface area contributed by atoms with E-state index in [4.69, 9.17) is 10.7 Å². The molecule has 8 heteroatoms. The van der Waals surface area contributed by atoms with Gasteiger partial charge in [0.15, 0.2) is 0 Å². The number of nitrogen functional groups attached to an aromatic ring is 1. The van der Waals surface area contributed by atoms with Crippen LogP contribution in [0.2, 0.25) is 0 Å². The lowest BCUT2D eigenvalue weighted by atomic mass is 10.00. The quantitative estimate of drug-likeness (QED) is 0.526. The van der Waals surface area contributed by atoms with E-state index >= 15 is 0 Å². The molecule has 6 nitrogen and oxygen atoms in total. The van der Waals surface area contributed by atoms with E-state index in [9.17, 15) is 4.21 Å². The molecule has 4 aromatic heterocycles. The summed E-state index contributed by atoms with van der Waals surface area (Å²) in [6.07, 6.45) is 9.91. The predicted molar refractivity (Wildman–Crippen MR) is 117 cm³/mol. The van der Waals surface area contributed by atoms with Gasteiger partial charge in [-0.05, 0) is 49.1 Å². The summed E-state index contributed by atoms with van der Waals surface area (Å²) in [6.45, 7) is 1.96.